The fourth-order valence-electron chi connectivity index (χ4n) is 2.03. The lowest BCUT2D eigenvalue weighted by Crippen LogP contribution is -2.35. The Labute approximate surface area is 99.2 Å². The monoisotopic (exact) mass is 234 g/mol. The van der Waals surface area contributed by atoms with Gasteiger partial charge in [-0.1, -0.05) is 6.07 Å². The van der Waals surface area contributed by atoms with E-state index in [1.165, 1.54) is 12.1 Å². The van der Waals surface area contributed by atoms with Crippen molar-refractivity contribution < 1.29 is 9.72 Å². The van der Waals surface area contributed by atoms with Gasteiger partial charge in [-0.25, -0.2) is 0 Å². The number of non-ortho nitro benzene ring substituents is 1. The van der Waals surface area contributed by atoms with Crippen molar-refractivity contribution in [1.29, 1.82) is 0 Å². The molecular weight excluding hydrogens is 220 g/mol. The van der Waals surface area contributed by atoms with Crippen LogP contribution in [-0.2, 0) is 0 Å². The fraction of sp³-hybridized carbons (Fsp3) is 0.417. The summed E-state index contributed by atoms with van der Waals surface area (Å²) in [4.78, 5) is 24.0. The molecule has 0 N–H and O–H groups in total. The SMILES string of the molecule is O=C(c1cccc([N+](=O)[O-])c1)N1CCCCC1. The number of piperidine rings is 1. The van der Waals surface area contributed by atoms with Crippen LogP contribution in [0.1, 0.15) is 29.6 Å². The van der Waals surface area contributed by atoms with E-state index < -0.39 is 4.92 Å². The first-order valence-electron chi connectivity index (χ1n) is 5.72. The fourth-order valence-corrected chi connectivity index (χ4v) is 2.03. The van der Waals surface area contributed by atoms with Gasteiger partial charge in [-0.15, -0.1) is 0 Å². The number of rotatable bonds is 2. The Bertz CT molecular complexity index is 439. The van der Waals surface area contributed by atoms with Crippen LogP contribution in [0, 0.1) is 10.1 Å². The van der Waals surface area contributed by atoms with E-state index >= 15 is 0 Å². The second-order valence-electron chi connectivity index (χ2n) is 4.16. The number of nitro benzene ring substituents is 1. The lowest BCUT2D eigenvalue weighted by Gasteiger charge is -2.26. The van der Waals surface area contributed by atoms with E-state index in [0.717, 1.165) is 32.4 Å². The number of amides is 1. The molecule has 0 aliphatic carbocycles. The van der Waals surface area contributed by atoms with E-state index in [-0.39, 0.29) is 11.6 Å². The van der Waals surface area contributed by atoms with E-state index in [2.05, 4.69) is 0 Å². The molecule has 0 saturated carbocycles. The predicted molar refractivity (Wildman–Crippen MR) is 62.9 cm³/mol. The Morgan fingerprint density at radius 1 is 1.24 bits per heavy atom. The first kappa shape index (κ1) is 11.6. The molecule has 1 aromatic carbocycles. The molecule has 1 fully saturated rings. The molecule has 1 aliphatic heterocycles. The van der Waals surface area contributed by atoms with Crippen molar-refractivity contribution in [2.75, 3.05) is 13.1 Å². The molecule has 2 rings (SSSR count). The Morgan fingerprint density at radius 3 is 2.59 bits per heavy atom. The number of nitro groups is 1. The highest BCUT2D eigenvalue weighted by Gasteiger charge is 2.19. The van der Waals surface area contributed by atoms with Crippen LogP contribution in [0.5, 0.6) is 0 Å². The number of nitrogens with zero attached hydrogens (tertiary/aromatic N) is 2. The molecule has 17 heavy (non-hydrogen) atoms. The van der Waals surface area contributed by atoms with Gasteiger partial charge >= 0.3 is 0 Å². The van der Waals surface area contributed by atoms with Crippen LogP contribution in [-0.4, -0.2) is 28.8 Å². The summed E-state index contributed by atoms with van der Waals surface area (Å²) in [5, 5.41) is 10.6. The molecule has 1 heterocycles. The Hall–Kier alpha value is -1.91. The normalized spacial score (nSPS) is 15.6. The van der Waals surface area contributed by atoms with Crippen LogP contribution in [0.15, 0.2) is 24.3 Å². The van der Waals surface area contributed by atoms with Crippen molar-refractivity contribution in [2.24, 2.45) is 0 Å². The quantitative estimate of drug-likeness (QED) is 0.582. The number of hydrogen-bond acceptors (Lipinski definition) is 3. The molecule has 0 unspecified atom stereocenters. The highest BCUT2D eigenvalue weighted by Crippen LogP contribution is 2.17. The van der Waals surface area contributed by atoms with Crippen LogP contribution in [0.3, 0.4) is 0 Å². The Morgan fingerprint density at radius 2 is 1.94 bits per heavy atom. The maximum absolute atomic E-state index is 12.1. The van der Waals surface area contributed by atoms with E-state index in [1.54, 1.807) is 17.0 Å². The molecule has 0 atom stereocenters. The van der Waals surface area contributed by atoms with Gasteiger partial charge in [0.2, 0.25) is 0 Å². The van der Waals surface area contributed by atoms with Crippen LogP contribution >= 0.6 is 0 Å². The Kier molecular flexibility index (Phi) is 3.37. The molecule has 0 radical (unpaired) electrons. The third-order valence-electron chi connectivity index (χ3n) is 2.95. The standard InChI is InChI=1S/C12H14N2O3/c15-12(13-7-2-1-3-8-13)10-5-4-6-11(9-10)14(16)17/h4-6,9H,1-3,7-8H2. The van der Waals surface area contributed by atoms with Gasteiger partial charge in [0.25, 0.3) is 11.6 Å². The van der Waals surface area contributed by atoms with Gasteiger partial charge in [0, 0.05) is 30.8 Å². The summed E-state index contributed by atoms with van der Waals surface area (Å²) in [5.74, 6) is -0.103. The van der Waals surface area contributed by atoms with E-state index in [1.807, 2.05) is 0 Å². The van der Waals surface area contributed by atoms with E-state index in [4.69, 9.17) is 0 Å². The van der Waals surface area contributed by atoms with Crippen LogP contribution in [0.2, 0.25) is 0 Å². The molecular formula is C12H14N2O3. The summed E-state index contributed by atoms with van der Waals surface area (Å²) in [6, 6.07) is 5.92. The van der Waals surface area contributed by atoms with Crippen molar-refractivity contribution in [1.82, 2.24) is 4.90 Å². The van der Waals surface area contributed by atoms with Crippen molar-refractivity contribution in [3.05, 3.63) is 39.9 Å². The highest BCUT2D eigenvalue weighted by atomic mass is 16.6. The molecule has 5 nitrogen and oxygen atoms in total. The summed E-state index contributed by atoms with van der Waals surface area (Å²) < 4.78 is 0. The average molecular weight is 234 g/mol. The van der Waals surface area contributed by atoms with E-state index in [9.17, 15) is 14.9 Å². The van der Waals surface area contributed by atoms with Crippen molar-refractivity contribution in [3.8, 4) is 0 Å². The minimum atomic E-state index is -0.479. The zero-order valence-corrected chi connectivity index (χ0v) is 9.46. The van der Waals surface area contributed by atoms with Crippen LogP contribution in [0.4, 0.5) is 5.69 Å². The lowest BCUT2D eigenvalue weighted by atomic mass is 10.1. The summed E-state index contributed by atoms with van der Waals surface area (Å²) >= 11 is 0. The van der Waals surface area contributed by atoms with Gasteiger partial charge < -0.3 is 4.90 Å². The van der Waals surface area contributed by atoms with Gasteiger partial charge in [0.15, 0.2) is 0 Å². The van der Waals surface area contributed by atoms with Gasteiger partial charge in [-0.2, -0.15) is 0 Å². The third kappa shape index (κ3) is 2.61. The average Bonchev–Trinajstić information content (AvgIpc) is 2.39. The van der Waals surface area contributed by atoms with Crippen LogP contribution < -0.4 is 0 Å². The van der Waals surface area contributed by atoms with Gasteiger partial charge in [-0.05, 0) is 25.3 Å². The van der Waals surface area contributed by atoms with Gasteiger partial charge in [-0.3, -0.25) is 14.9 Å². The Balaban J connectivity index is 2.18. The second kappa shape index (κ2) is 4.95. The lowest BCUT2D eigenvalue weighted by molar-refractivity contribution is -0.384. The summed E-state index contributed by atoms with van der Waals surface area (Å²) in [6.45, 7) is 1.50. The van der Waals surface area contributed by atoms with Gasteiger partial charge in [0.05, 0.1) is 4.92 Å². The number of benzene rings is 1. The number of likely N-dealkylation sites (tertiary alicyclic amines) is 1. The molecule has 1 amide bonds. The van der Waals surface area contributed by atoms with Crippen molar-refractivity contribution >= 4 is 11.6 Å². The topological polar surface area (TPSA) is 63.4 Å². The molecule has 0 spiro atoms. The molecule has 1 saturated heterocycles. The highest BCUT2D eigenvalue weighted by molar-refractivity contribution is 5.94. The maximum atomic E-state index is 12.1. The largest absolute Gasteiger partial charge is 0.339 e. The summed E-state index contributed by atoms with van der Waals surface area (Å²) in [7, 11) is 0. The molecule has 0 bridgehead atoms. The third-order valence-corrected chi connectivity index (χ3v) is 2.95. The zero-order valence-electron chi connectivity index (χ0n) is 9.46. The molecule has 0 aromatic heterocycles. The molecule has 90 valence electrons. The number of carbonyl (C=O) groups excluding carboxylic acids is 1. The smallest absolute Gasteiger partial charge is 0.270 e. The first-order valence-corrected chi connectivity index (χ1v) is 5.72. The number of carbonyl (C=O) groups is 1. The van der Waals surface area contributed by atoms with Gasteiger partial charge in [0.1, 0.15) is 0 Å². The van der Waals surface area contributed by atoms with Crippen molar-refractivity contribution in [2.45, 2.75) is 19.3 Å². The minimum Gasteiger partial charge on any atom is -0.339 e. The van der Waals surface area contributed by atoms with Crippen LogP contribution in [0.25, 0.3) is 0 Å². The summed E-state index contributed by atoms with van der Waals surface area (Å²) in [6.07, 6.45) is 3.18. The molecule has 5 heteroatoms. The molecule has 1 aromatic rings. The number of hydrogen-bond donors (Lipinski definition) is 0. The zero-order chi connectivity index (χ0) is 12.3. The molecule has 1 aliphatic rings. The van der Waals surface area contributed by atoms with Crippen molar-refractivity contribution in [3.63, 3.8) is 0 Å². The first-order chi connectivity index (χ1) is 8.18. The van der Waals surface area contributed by atoms with E-state index in [0.29, 0.717) is 5.56 Å². The maximum Gasteiger partial charge on any atom is 0.270 e. The second-order valence-corrected chi connectivity index (χ2v) is 4.16. The predicted octanol–water partition coefficient (Wildman–Crippen LogP) is 2.22. The minimum absolute atomic E-state index is 0.0344. The summed E-state index contributed by atoms with van der Waals surface area (Å²) in [5.41, 5.74) is 0.369.